The van der Waals surface area contributed by atoms with E-state index in [1.54, 1.807) is 10.9 Å². The van der Waals surface area contributed by atoms with Crippen LogP contribution in [0.1, 0.15) is 11.1 Å². The molecule has 0 bridgehead atoms. The van der Waals surface area contributed by atoms with Crippen LogP contribution in [0, 0.1) is 0 Å². The van der Waals surface area contributed by atoms with Crippen molar-refractivity contribution in [2.24, 2.45) is 0 Å². The highest BCUT2D eigenvalue weighted by molar-refractivity contribution is 5.81. The first-order valence-electron chi connectivity index (χ1n) is 6.75. The maximum Gasteiger partial charge on any atom is 0.416 e. The third-order valence-corrected chi connectivity index (χ3v) is 3.46. The molecular formula is C16H13F3N2O. The van der Waals surface area contributed by atoms with Crippen LogP contribution in [0.3, 0.4) is 0 Å². The zero-order valence-electron chi connectivity index (χ0n) is 11.5. The lowest BCUT2D eigenvalue weighted by Crippen LogP contribution is -2.05. The molecule has 0 aliphatic rings. The van der Waals surface area contributed by atoms with Gasteiger partial charge < -0.3 is 5.11 Å². The summed E-state index contributed by atoms with van der Waals surface area (Å²) in [5.41, 5.74) is 1.52. The number of nitrogens with zero attached hydrogens (tertiary/aromatic N) is 2. The van der Waals surface area contributed by atoms with Gasteiger partial charge in [0, 0.05) is 18.2 Å². The predicted molar refractivity (Wildman–Crippen MR) is 76.9 cm³/mol. The summed E-state index contributed by atoms with van der Waals surface area (Å²) in [6.07, 6.45) is -2.10. The van der Waals surface area contributed by atoms with Crippen LogP contribution in [0.15, 0.2) is 48.7 Å². The van der Waals surface area contributed by atoms with Crippen molar-refractivity contribution in [3.8, 4) is 5.69 Å². The van der Waals surface area contributed by atoms with Crippen molar-refractivity contribution in [2.75, 3.05) is 6.61 Å². The Hall–Kier alpha value is -2.34. The Kier molecular flexibility index (Phi) is 3.62. The van der Waals surface area contributed by atoms with E-state index in [4.69, 9.17) is 5.11 Å². The minimum Gasteiger partial charge on any atom is -0.396 e. The fourth-order valence-electron chi connectivity index (χ4n) is 2.36. The van der Waals surface area contributed by atoms with E-state index in [1.165, 1.54) is 12.1 Å². The van der Waals surface area contributed by atoms with E-state index in [9.17, 15) is 13.2 Å². The summed E-state index contributed by atoms with van der Waals surface area (Å²) in [5, 5.41) is 14.4. The van der Waals surface area contributed by atoms with Gasteiger partial charge in [0.25, 0.3) is 0 Å². The van der Waals surface area contributed by atoms with Crippen LogP contribution in [0.2, 0.25) is 0 Å². The molecule has 0 spiro atoms. The number of fused-ring (bicyclic) bond motifs is 1. The highest BCUT2D eigenvalue weighted by Crippen LogP contribution is 2.29. The van der Waals surface area contributed by atoms with Crippen LogP contribution >= 0.6 is 0 Å². The van der Waals surface area contributed by atoms with Gasteiger partial charge in [0.2, 0.25) is 0 Å². The van der Waals surface area contributed by atoms with Gasteiger partial charge >= 0.3 is 6.18 Å². The Morgan fingerprint density at radius 1 is 1.05 bits per heavy atom. The molecule has 114 valence electrons. The van der Waals surface area contributed by atoms with Crippen molar-refractivity contribution >= 4 is 10.9 Å². The molecule has 3 rings (SSSR count). The molecule has 0 fully saturated rings. The zero-order chi connectivity index (χ0) is 15.7. The molecule has 3 nitrogen and oxygen atoms in total. The number of benzene rings is 2. The standard InChI is InChI=1S/C16H13F3N2O/c17-16(18,19)13-4-6-14(7-5-13)21-10-12-3-1-2-11(8-9-22)15(12)20-21/h1-7,10,22H,8-9H2. The highest BCUT2D eigenvalue weighted by atomic mass is 19.4. The minimum atomic E-state index is -4.35. The van der Waals surface area contributed by atoms with E-state index in [0.29, 0.717) is 12.1 Å². The number of alkyl halides is 3. The number of aliphatic hydroxyl groups is 1. The van der Waals surface area contributed by atoms with Gasteiger partial charge in [-0.3, -0.25) is 0 Å². The largest absolute Gasteiger partial charge is 0.416 e. The summed E-state index contributed by atoms with van der Waals surface area (Å²) < 4.78 is 39.3. The molecular weight excluding hydrogens is 293 g/mol. The van der Waals surface area contributed by atoms with Crippen LogP contribution in [0.5, 0.6) is 0 Å². The topological polar surface area (TPSA) is 38.0 Å². The second-order valence-corrected chi connectivity index (χ2v) is 4.95. The molecule has 0 saturated carbocycles. The van der Waals surface area contributed by atoms with Crippen LogP contribution in [-0.4, -0.2) is 21.5 Å². The van der Waals surface area contributed by atoms with Crippen LogP contribution in [0.25, 0.3) is 16.6 Å². The van der Waals surface area contributed by atoms with Gasteiger partial charge in [-0.15, -0.1) is 0 Å². The first-order chi connectivity index (χ1) is 10.5. The monoisotopic (exact) mass is 306 g/mol. The Bertz CT molecular complexity index is 791. The zero-order valence-corrected chi connectivity index (χ0v) is 11.5. The number of halogens is 3. The van der Waals surface area contributed by atoms with Crippen molar-refractivity contribution in [1.29, 1.82) is 0 Å². The molecule has 2 aromatic carbocycles. The molecule has 0 aliphatic heterocycles. The summed E-state index contributed by atoms with van der Waals surface area (Å²) >= 11 is 0. The molecule has 3 aromatic rings. The number of hydrogen-bond donors (Lipinski definition) is 1. The molecule has 0 unspecified atom stereocenters. The normalized spacial score (nSPS) is 12.0. The summed E-state index contributed by atoms with van der Waals surface area (Å²) in [6, 6.07) is 10.5. The lowest BCUT2D eigenvalue weighted by atomic mass is 10.1. The number of aliphatic hydroxyl groups excluding tert-OH is 1. The molecule has 1 N–H and O–H groups in total. The van der Waals surface area contributed by atoms with Gasteiger partial charge in [0.15, 0.2) is 0 Å². The average molecular weight is 306 g/mol. The fourth-order valence-corrected chi connectivity index (χ4v) is 2.36. The van der Waals surface area contributed by atoms with Crippen molar-refractivity contribution in [1.82, 2.24) is 9.78 Å². The van der Waals surface area contributed by atoms with Crippen LogP contribution in [-0.2, 0) is 12.6 Å². The maximum atomic E-state index is 12.6. The fraction of sp³-hybridized carbons (Fsp3) is 0.188. The summed E-state index contributed by atoms with van der Waals surface area (Å²) in [4.78, 5) is 0. The van der Waals surface area contributed by atoms with Crippen molar-refractivity contribution in [3.63, 3.8) is 0 Å². The highest BCUT2D eigenvalue weighted by Gasteiger charge is 2.30. The van der Waals surface area contributed by atoms with Crippen molar-refractivity contribution in [3.05, 3.63) is 59.8 Å². The van der Waals surface area contributed by atoms with Crippen LogP contribution in [0.4, 0.5) is 13.2 Å². The van der Waals surface area contributed by atoms with E-state index in [-0.39, 0.29) is 6.61 Å². The Morgan fingerprint density at radius 2 is 1.77 bits per heavy atom. The molecule has 0 atom stereocenters. The molecule has 1 heterocycles. The van der Waals surface area contributed by atoms with Gasteiger partial charge in [0.05, 0.1) is 16.8 Å². The lowest BCUT2D eigenvalue weighted by Gasteiger charge is -2.07. The van der Waals surface area contributed by atoms with E-state index in [0.717, 1.165) is 28.6 Å². The molecule has 22 heavy (non-hydrogen) atoms. The van der Waals surface area contributed by atoms with E-state index in [2.05, 4.69) is 5.10 Å². The van der Waals surface area contributed by atoms with E-state index in [1.807, 2.05) is 18.2 Å². The quantitative estimate of drug-likeness (QED) is 0.803. The lowest BCUT2D eigenvalue weighted by molar-refractivity contribution is -0.137. The molecule has 0 radical (unpaired) electrons. The van der Waals surface area contributed by atoms with Crippen molar-refractivity contribution < 1.29 is 18.3 Å². The third-order valence-electron chi connectivity index (χ3n) is 3.46. The van der Waals surface area contributed by atoms with Gasteiger partial charge in [-0.2, -0.15) is 18.3 Å². The first-order valence-corrected chi connectivity index (χ1v) is 6.75. The van der Waals surface area contributed by atoms with E-state index < -0.39 is 11.7 Å². The second-order valence-electron chi connectivity index (χ2n) is 4.95. The molecule has 0 amide bonds. The Labute approximate surface area is 124 Å². The van der Waals surface area contributed by atoms with Gasteiger partial charge in [-0.1, -0.05) is 18.2 Å². The summed E-state index contributed by atoms with van der Waals surface area (Å²) in [7, 11) is 0. The maximum absolute atomic E-state index is 12.6. The third kappa shape index (κ3) is 2.69. The second kappa shape index (κ2) is 5.46. The molecule has 0 saturated heterocycles. The van der Waals surface area contributed by atoms with E-state index >= 15 is 0 Å². The molecule has 6 heteroatoms. The number of aromatic nitrogens is 2. The van der Waals surface area contributed by atoms with Gasteiger partial charge in [-0.05, 0) is 36.2 Å². The first kappa shape index (κ1) is 14.6. The number of hydrogen-bond acceptors (Lipinski definition) is 2. The minimum absolute atomic E-state index is 0.0201. The smallest absolute Gasteiger partial charge is 0.396 e. The van der Waals surface area contributed by atoms with Crippen molar-refractivity contribution in [2.45, 2.75) is 12.6 Å². The average Bonchev–Trinajstić information content (AvgIpc) is 2.92. The Morgan fingerprint density at radius 3 is 2.41 bits per heavy atom. The number of rotatable bonds is 3. The SMILES string of the molecule is OCCc1cccc2cn(-c3ccc(C(F)(F)F)cc3)nc12. The summed E-state index contributed by atoms with van der Waals surface area (Å²) in [6.45, 7) is 0.0201. The molecule has 1 aromatic heterocycles. The van der Waals surface area contributed by atoms with Gasteiger partial charge in [-0.25, -0.2) is 4.68 Å². The van der Waals surface area contributed by atoms with Gasteiger partial charge in [0.1, 0.15) is 0 Å². The molecule has 0 aliphatic carbocycles. The predicted octanol–water partition coefficient (Wildman–Crippen LogP) is 3.58. The Balaban J connectivity index is 2.01. The van der Waals surface area contributed by atoms with Crippen LogP contribution < -0.4 is 0 Å². The summed E-state index contributed by atoms with van der Waals surface area (Å²) in [5.74, 6) is 0.